The average Bonchev–Trinajstić information content (AvgIpc) is 2.88. The van der Waals surface area contributed by atoms with Crippen LogP contribution in [0.4, 0.5) is 8.78 Å². The van der Waals surface area contributed by atoms with Gasteiger partial charge in [0.2, 0.25) is 0 Å². The molecule has 0 radical (unpaired) electrons. The SMILES string of the molecule is NNC(Cc1nc2ccccc2s1)c1c(F)cccc1F. The summed E-state index contributed by atoms with van der Waals surface area (Å²) in [7, 11) is 0. The van der Waals surface area contributed by atoms with Crippen molar-refractivity contribution in [1.82, 2.24) is 10.4 Å². The van der Waals surface area contributed by atoms with Crippen molar-refractivity contribution in [2.45, 2.75) is 12.5 Å². The fourth-order valence-electron chi connectivity index (χ4n) is 2.27. The highest BCUT2D eigenvalue weighted by Crippen LogP contribution is 2.28. The molecule has 3 N–H and O–H groups in total. The molecule has 3 aromatic rings. The first kappa shape index (κ1) is 14.1. The molecule has 1 unspecified atom stereocenters. The quantitative estimate of drug-likeness (QED) is 0.574. The Labute approximate surface area is 124 Å². The number of nitrogens with one attached hydrogen (secondary N) is 1. The topological polar surface area (TPSA) is 50.9 Å². The van der Waals surface area contributed by atoms with Gasteiger partial charge in [-0.3, -0.25) is 11.3 Å². The minimum absolute atomic E-state index is 0.0562. The fraction of sp³-hybridized carbons (Fsp3) is 0.133. The third-order valence-electron chi connectivity index (χ3n) is 3.27. The molecule has 0 saturated carbocycles. The van der Waals surface area contributed by atoms with E-state index in [-0.39, 0.29) is 5.56 Å². The highest BCUT2D eigenvalue weighted by Gasteiger charge is 2.20. The maximum atomic E-state index is 13.8. The second kappa shape index (κ2) is 5.85. The van der Waals surface area contributed by atoms with Crippen LogP contribution >= 0.6 is 11.3 Å². The molecule has 108 valence electrons. The Balaban J connectivity index is 1.94. The Morgan fingerprint density at radius 1 is 1.10 bits per heavy atom. The van der Waals surface area contributed by atoms with Crippen LogP contribution in [0.25, 0.3) is 10.2 Å². The van der Waals surface area contributed by atoms with E-state index in [0.29, 0.717) is 6.42 Å². The number of nitrogens with zero attached hydrogens (tertiary/aromatic N) is 1. The summed E-state index contributed by atoms with van der Waals surface area (Å²) in [6.07, 6.45) is 0.327. The van der Waals surface area contributed by atoms with Gasteiger partial charge in [-0.1, -0.05) is 18.2 Å². The molecule has 3 nitrogen and oxygen atoms in total. The Morgan fingerprint density at radius 3 is 2.48 bits per heavy atom. The van der Waals surface area contributed by atoms with Gasteiger partial charge in [0.25, 0.3) is 0 Å². The molecule has 0 aliphatic heterocycles. The molecule has 21 heavy (non-hydrogen) atoms. The zero-order chi connectivity index (χ0) is 14.8. The second-order valence-electron chi connectivity index (χ2n) is 4.63. The number of aromatic nitrogens is 1. The minimum Gasteiger partial charge on any atom is -0.271 e. The van der Waals surface area contributed by atoms with Crippen molar-refractivity contribution in [3.63, 3.8) is 0 Å². The van der Waals surface area contributed by atoms with Gasteiger partial charge in [0.05, 0.1) is 21.3 Å². The van der Waals surface area contributed by atoms with Crippen molar-refractivity contribution < 1.29 is 8.78 Å². The summed E-state index contributed by atoms with van der Waals surface area (Å²) >= 11 is 1.50. The second-order valence-corrected chi connectivity index (χ2v) is 5.75. The van der Waals surface area contributed by atoms with Crippen LogP contribution in [0, 0.1) is 11.6 Å². The van der Waals surface area contributed by atoms with Crippen LogP contribution in [0.3, 0.4) is 0 Å². The van der Waals surface area contributed by atoms with Gasteiger partial charge in [-0.15, -0.1) is 11.3 Å². The van der Waals surface area contributed by atoms with E-state index in [1.54, 1.807) is 0 Å². The lowest BCUT2D eigenvalue weighted by atomic mass is 10.0. The van der Waals surface area contributed by atoms with Gasteiger partial charge in [-0.2, -0.15) is 0 Å². The minimum atomic E-state index is -0.660. The number of hydrazine groups is 1. The summed E-state index contributed by atoms with van der Waals surface area (Å²) < 4.78 is 28.7. The van der Waals surface area contributed by atoms with Crippen LogP contribution in [0.5, 0.6) is 0 Å². The summed E-state index contributed by atoms with van der Waals surface area (Å²) in [6, 6.07) is 10.8. The van der Waals surface area contributed by atoms with Crippen LogP contribution in [0.1, 0.15) is 16.6 Å². The van der Waals surface area contributed by atoms with Crippen molar-refractivity contribution >= 4 is 21.6 Å². The van der Waals surface area contributed by atoms with Crippen molar-refractivity contribution in [3.05, 3.63) is 64.7 Å². The molecule has 0 aliphatic carbocycles. The van der Waals surface area contributed by atoms with E-state index in [4.69, 9.17) is 5.84 Å². The predicted octanol–water partition coefficient (Wildman–Crippen LogP) is 3.32. The van der Waals surface area contributed by atoms with Crippen LogP contribution < -0.4 is 11.3 Å². The van der Waals surface area contributed by atoms with E-state index in [9.17, 15) is 8.78 Å². The Kier molecular flexibility index (Phi) is 3.92. The zero-order valence-electron chi connectivity index (χ0n) is 11.0. The molecule has 0 saturated heterocycles. The van der Waals surface area contributed by atoms with E-state index >= 15 is 0 Å². The van der Waals surface area contributed by atoms with Crippen molar-refractivity contribution in [2.75, 3.05) is 0 Å². The van der Waals surface area contributed by atoms with Gasteiger partial charge >= 0.3 is 0 Å². The summed E-state index contributed by atoms with van der Waals surface area (Å²) in [4.78, 5) is 4.46. The monoisotopic (exact) mass is 305 g/mol. The van der Waals surface area contributed by atoms with E-state index < -0.39 is 17.7 Å². The number of fused-ring (bicyclic) bond motifs is 1. The maximum absolute atomic E-state index is 13.8. The van der Waals surface area contributed by atoms with E-state index in [2.05, 4.69) is 10.4 Å². The smallest absolute Gasteiger partial charge is 0.130 e. The lowest BCUT2D eigenvalue weighted by molar-refractivity contribution is 0.472. The van der Waals surface area contributed by atoms with Gasteiger partial charge in [-0.25, -0.2) is 13.8 Å². The largest absolute Gasteiger partial charge is 0.271 e. The van der Waals surface area contributed by atoms with Crippen LogP contribution in [0.2, 0.25) is 0 Å². The molecule has 1 atom stereocenters. The maximum Gasteiger partial charge on any atom is 0.130 e. The molecular formula is C15H13F2N3S. The summed E-state index contributed by atoms with van der Waals surface area (Å²) in [5, 5.41) is 0.779. The Morgan fingerprint density at radius 2 is 1.81 bits per heavy atom. The lowest BCUT2D eigenvalue weighted by Crippen LogP contribution is -2.31. The number of halogens is 2. The molecule has 0 fully saturated rings. The third kappa shape index (κ3) is 2.78. The molecule has 1 aromatic heterocycles. The van der Waals surface area contributed by atoms with Crippen LogP contribution in [-0.4, -0.2) is 4.98 Å². The van der Waals surface area contributed by atoms with Crippen molar-refractivity contribution in [3.8, 4) is 0 Å². The number of hydrogen-bond donors (Lipinski definition) is 2. The van der Waals surface area contributed by atoms with Crippen molar-refractivity contribution in [1.29, 1.82) is 0 Å². The van der Waals surface area contributed by atoms with E-state index in [1.807, 2.05) is 24.3 Å². The van der Waals surface area contributed by atoms with Gasteiger partial charge in [-0.05, 0) is 24.3 Å². The first-order chi connectivity index (χ1) is 10.2. The zero-order valence-corrected chi connectivity index (χ0v) is 11.8. The normalized spacial score (nSPS) is 12.7. The molecule has 1 heterocycles. The van der Waals surface area contributed by atoms with Crippen LogP contribution in [0.15, 0.2) is 42.5 Å². The lowest BCUT2D eigenvalue weighted by Gasteiger charge is -2.16. The summed E-state index contributed by atoms with van der Waals surface area (Å²) in [5.74, 6) is 4.25. The first-order valence-electron chi connectivity index (χ1n) is 6.43. The molecule has 0 amide bonds. The highest BCUT2D eigenvalue weighted by molar-refractivity contribution is 7.18. The number of thiazole rings is 1. The highest BCUT2D eigenvalue weighted by atomic mass is 32.1. The summed E-state index contributed by atoms with van der Waals surface area (Å²) in [5.41, 5.74) is 3.30. The van der Waals surface area contributed by atoms with Gasteiger partial charge in [0, 0.05) is 12.0 Å². The van der Waals surface area contributed by atoms with E-state index in [1.165, 1.54) is 29.5 Å². The number of nitrogens with two attached hydrogens (primary N) is 1. The molecule has 0 bridgehead atoms. The van der Waals surface area contributed by atoms with Crippen LogP contribution in [-0.2, 0) is 6.42 Å². The predicted molar refractivity (Wildman–Crippen MR) is 79.7 cm³/mol. The first-order valence-corrected chi connectivity index (χ1v) is 7.25. The molecular weight excluding hydrogens is 292 g/mol. The molecule has 0 spiro atoms. The molecule has 2 aromatic carbocycles. The van der Waals surface area contributed by atoms with Crippen molar-refractivity contribution in [2.24, 2.45) is 5.84 Å². The standard InChI is InChI=1S/C15H13F2N3S/c16-9-4-3-5-10(17)15(9)12(20-18)8-14-19-11-6-1-2-7-13(11)21-14/h1-7,12,20H,8,18H2. The molecule has 0 aliphatic rings. The average molecular weight is 305 g/mol. The number of para-hydroxylation sites is 1. The Hall–Kier alpha value is -1.89. The Bertz CT molecular complexity index is 719. The van der Waals surface area contributed by atoms with Gasteiger partial charge < -0.3 is 0 Å². The number of hydrogen-bond acceptors (Lipinski definition) is 4. The summed E-state index contributed by atoms with van der Waals surface area (Å²) in [6.45, 7) is 0. The van der Waals surface area contributed by atoms with Gasteiger partial charge in [0.15, 0.2) is 0 Å². The third-order valence-corrected chi connectivity index (χ3v) is 4.32. The molecule has 6 heteroatoms. The van der Waals surface area contributed by atoms with Gasteiger partial charge in [0.1, 0.15) is 11.6 Å². The number of rotatable bonds is 4. The fourth-order valence-corrected chi connectivity index (χ4v) is 3.28. The molecule has 3 rings (SSSR count). The number of benzene rings is 2. The van der Waals surface area contributed by atoms with E-state index in [0.717, 1.165) is 15.2 Å².